The Morgan fingerprint density at radius 3 is 2.71 bits per heavy atom. The van der Waals surface area contributed by atoms with E-state index in [9.17, 15) is 19.6 Å². The first-order valence-electron chi connectivity index (χ1n) is 6.40. The molecule has 1 fully saturated rings. The second-order valence-electron chi connectivity index (χ2n) is 4.89. The fraction of sp³-hybridized carbons (Fsp3) is 0.500. The minimum atomic E-state index is -4.74. The number of phosphoric ester groups is 1. The van der Waals surface area contributed by atoms with Crippen LogP contribution in [0.25, 0.3) is 11.2 Å². The van der Waals surface area contributed by atoms with Gasteiger partial charge in [0.15, 0.2) is 17.4 Å². The monoisotopic (exact) mass is 366 g/mol. The van der Waals surface area contributed by atoms with E-state index in [4.69, 9.17) is 14.5 Å². The number of rotatable bonds is 4. The molecule has 1 saturated heterocycles. The van der Waals surface area contributed by atoms with Gasteiger partial charge in [0.2, 0.25) is 0 Å². The lowest BCUT2D eigenvalue weighted by Gasteiger charge is -2.16. The van der Waals surface area contributed by atoms with E-state index in [-0.39, 0.29) is 16.6 Å². The van der Waals surface area contributed by atoms with Crippen molar-refractivity contribution in [2.75, 3.05) is 6.61 Å². The summed E-state index contributed by atoms with van der Waals surface area (Å²) in [6.07, 6.45) is -2.85. The second-order valence-corrected chi connectivity index (χ2v) is 6.13. The molecule has 0 saturated carbocycles. The molecule has 1 aliphatic rings. The Balaban J connectivity index is 0.00000208. The van der Waals surface area contributed by atoms with Crippen molar-refractivity contribution < 1.29 is 39.3 Å². The number of aliphatic hydroxyl groups is 2. The average Bonchev–Trinajstić information content (AvgIpc) is 3.01. The molecule has 4 atom stereocenters. The van der Waals surface area contributed by atoms with Crippen molar-refractivity contribution in [1.82, 2.24) is 19.5 Å². The second kappa shape index (κ2) is 6.66. The van der Waals surface area contributed by atoms with Crippen LogP contribution in [0.15, 0.2) is 17.4 Å². The maximum atomic E-state index is 11.6. The van der Waals surface area contributed by atoms with E-state index in [2.05, 4.69) is 19.5 Å². The van der Waals surface area contributed by atoms with Gasteiger partial charge in [-0.05, 0) is 0 Å². The summed E-state index contributed by atoms with van der Waals surface area (Å²) in [4.78, 5) is 39.1. The first-order valence-corrected chi connectivity index (χ1v) is 7.93. The highest BCUT2D eigenvalue weighted by Crippen LogP contribution is 2.38. The van der Waals surface area contributed by atoms with Gasteiger partial charge in [-0.25, -0.2) is 14.5 Å². The van der Waals surface area contributed by atoms with Gasteiger partial charge in [-0.2, -0.15) is 0 Å². The number of nitrogens with zero attached hydrogens (tertiary/aromatic N) is 3. The molecule has 13 nitrogen and oxygen atoms in total. The molecule has 134 valence electrons. The Kier molecular flexibility index (Phi) is 5.17. The largest absolute Gasteiger partial charge is 0.469 e. The molecule has 2 aromatic heterocycles. The molecular weight excluding hydrogens is 351 g/mol. The molecule has 0 amide bonds. The topological polar surface area (TPSA) is 212 Å². The van der Waals surface area contributed by atoms with E-state index >= 15 is 0 Å². The highest BCUT2D eigenvalue weighted by Gasteiger charge is 2.45. The van der Waals surface area contributed by atoms with Crippen molar-refractivity contribution in [3.63, 3.8) is 0 Å². The molecule has 24 heavy (non-hydrogen) atoms. The van der Waals surface area contributed by atoms with Crippen molar-refractivity contribution in [3.8, 4) is 0 Å². The smallest absolute Gasteiger partial charge is 0.412 e. The Morgan fingerprint density at radius 1 is 1.33 bits per heavy atom. The van der Waals surface area contributed by atoms with E-state index in [0.29, 0.717) is 0 Å². The Hall–Kier alpha value is -1.70. The molecular formula is C10H15N4O9P. The summed E-state index contributed by atoms with van der Waals surface area (Å²) >= 11 is 0. The SMILES string of the molecule is O.O=c1[nH]cnc2c1ncn2[C@@H]1O[C@H](COP(=O)(O)O)[C@@H](O)[C@H]1O. The van der Waals surface area contributed by atoms with Crippen molar-refractivity contribution >= 4 is 19.0 Å². The summed E-state index contributed by atoms with van der Waals surface area (Å²) in [7, 11) is -4.74. The number of hydrogen-bond donors (Lipinski definition) is 5. The lowest BCUT2D eigenvalue weighted by atomic mass is 10.1. The third-order valence-corrected chi connectivity index (χ3v) is 3.87. The number of ether oxygens (including phenoxy) is 1. The number of nitrogens with one attached hydrogen (secondary N) is 1. The van der Waals surface area contributed by atoms with E-state index in [0.717, 1.165) is 6.33 Å². The van der Waals surface area contributed by atoms with Crippen LogP contribution in [0.1, 0.15) is 6.23 Å². The van der Waals surface area contributed by atoms with Gasteiger partial charge in [0, 0.05) is 0 Å². The molecule has 0 aromatic carbocycles. The summed E-state index contributed by atoms with van der Waals surface area (Å²) in [6, 6.07) is 0. The maximum absolute atomic E-state index is 11.6. The zero-order valence-corrected chi connectivity index (χ0v) is 12.8. The third-order valence-electron chi connectivity index (χ3n) is 3.38. The lowest BCUT2D eigenvalue weighted by molar-refractivity contribution is -0.0504. The number of phosphoric acid groups is 1. The Bertz CT molecular complexity index is 816. The van der Waals surface area contributed by atoms with Gasteiger partial charge in [-0.1, -0.05) is 0 Å². The van der Waals surface area contributed by atoms with Crippen LogP contribution in [0, 0.1) is 0 Å². The Morgan fingerprint density at radius 2 is 2.04 bits per heavy atom. The average molecular weight is 366 g/mol. The van der Waals surface area contributed by atoms with Crippen LogP contribution in [0.2, 0.25) is 0 Å². The molecule has 2 aromatic rings. The zero-order chi connectivity index (χ0) is 16.8. The van der Waals surface area contributed by atoms with E-state index in [1.165, 1.54) is 10.9 Å². The molecule has 0 bridgehead atoms. The summed E-state index contributed by atoms with van der Waals surface area (Å²) in [5.41, 5.74) is -0.336. The van der Waals surface area contributed by atoms with Crippen LogP contribution in [0.3, 0.4) is 0 Å². The van der Waals surface area contributed by atoms with Gasteiger partial charge in [0.25, 0.3) is 5.56 Å². The predicted octanol–water partition coefficient (Wildman–Crippen LogP) is -2.98. The quantitative estimate of drug-likeness (QED) is 0.346. The van der Waals surface area contributed by atoms with Crippen LogP contribution in [-0.4, -0.2) is 69.9 Å². The van der Waals surface area contributed by atoms with Crippen LogP contribution in [0.4, 0.5) is 0 Å². The Labute approximate surface area is 133 Å². The van der Waals surface area contributed by atoms with Crippen molar-refractivity contribution in [1.29, 1.82) is 0 Å². The summed E-state index contributed by atoms with van der Waals surface area (Å²) in [6.45, 7) is -0.625. The first kappa shape index (κ1) is 18.6. The molecule has 3 rings (SSSR count). The van der Waals surface area contributed by atoms with Gasteiger partial charge in [-0.3, -0.25) is 13.9 Å². The summed E-state index contributed by atoms with van der Waals surface area (Å²) < 4.78 is 21.6. The number of hydrogen-bond acceptors (Lipinski definition) is 8. The first-order chi connectivity index (χ1) is 10.8. The normalized spacial score (nSPS) is 27.3. The lowest BCUT2D eigenvalue weighted by Crippen LogP contribution is -2.33. The molecule has 14 heteroatoms. The molecule has 3 heterocycles. The van der Waals surface area contributed by atoms with E-state index < -0.39 is 44.5 Å². The minimum Gasteiger partial charge on any atom is -0.412 e. The highest BCUT2D eigenvalue weighted by atomic mass is 31.2. The van der Waals surface area contributed by atoms with Gasteiger partial charge in [0.05, 0.1) is 19.3 Å². The molecule has 0 unspecified atom stereocenters. The van der Waals surface area contributed by atoms with Gasteiger partial charge in [-0.15, -0.1) is 0 Å². The van der Waals surface area contributed by atoms with Crippen LogP contribution < -0.4 is 5.56 Å². The van der Waals surface area contributed by atoms with Crippen LogP contribution >= 0.6 is 7.82 Å². The maximum Gasteiger partial charge on any atom is 0.469 e. The standard InChI is InChI=1S/C10H13N4O8P.H2O/c15-6-4(1-21-23(18,19)20)22-10(7(6)16)14-3-13-5-8(14)11-2-12-9(5)17;/h2-4,6-7,10,15-16H,1H2,(H,11,12,17)(H2,18,19,20);1H2/t4-,6-,7-,10-;/m1./s1. The number of H-pyrrole nitrogens is 1. The molecule has 0 spiro atoms. The molecule has 1 aliphatic heterocycles. The van der Waals surface area contributed by atoms with Gasteiger partial charge < -0.3 is 35.2 Å². The molecule has 7 N–H and O–H groups in total. The van der Waals surface area contributed by atoms with E-state index in [1.54, 1.807) is 0 Å². The summed E-state index contributed by atoms with van der Waals surface area (Å²) in [5.74, 6) is 0. The molecule has 0 radical (unpaired) electrons. The third kappa shape index (κ3) is 3.38. The number of imidazole rings is 1. The van der Waals surface area contributed by atoms with Crippen molar-refractivity contribution in [3.05, 3.63) is 23.0 Å². The predicted molar refractivity (Wildman–Crippen MR) is 75.7 cm³/mol. The number of aromatic amines is 1. The van der Waals surface area contributed by atoms with Gasteiger partial charge in [0.1, 0.15) is 18.3 Å². The van der Waals surface area contributed by atoms with Crippen LogP contribution in [-0.2, 0) is 13.8 Å². The molecule has 0 aliphatic carbocycles. The zero-order valence-electron chi connectivity index (χ0n) is 11.9. The highest BCUT2D eigenvalue weighted by molar-refractivity contribution is 7.46. The fourth-order valence-corrected chi connectivity index (χ4v) is 2.66. The minimum absolute atomic E-state index is 0. The van der Waals surface area contributed by atoms with Gasteiger partial charge >= 0.3 is 7.82 Å². The fourth-order valence-electron chi connectivity index (χ4n) is 2.32. The number of aliphatic hydroxyl groups excluding tert-OH is 2. The van der Waals surface area contributed by atoms with Crippen LogP contribution in [0.5, 0.6) is 0 Å². The van der Waals surface area contributed by atoms with Crippen molar-refractivity contribution in [2.45, 2.75) is 24.5 Å². The number of aromatic nitrogens is 4. The van der Waals surface area contributed by atoms with Crippen molar-refractivity contribution in [2.24, 2.45) is 0 Å². The number of fused-ring (bicyclic) bond motifs is 1. The summed E-state index contributed by atoms with van der Waals surface area (Å²) in [5, 5.41) is 20.0. The van der Waals surface area contributed by atoms with E-state index in [1.807, 2.05) is 0 Å².